The Bertz CT molecular complexity index is 508. The molecule has 0 atom stereocenters. The van der Waals surface area contributed by atoms with Gasteiger partial charge in [-0.25, -0.2) is 8.78 Å². The highest BCUT2D eigenvalue weighted by Gasteiger charge is 2.93. The summed E-state index contributed by atoms with van der Waals surface area (Å²) in [7, 11) is 0. The summed E-state index contributed by atoms with van der Waals surface area (Å²) in [5.41, 5.74) is 0. The molecule has 158 valence electrons. The van der Waals surface area contributed by atoms with Crippen LogP contribution in [0.3, 0.4) is 0 Å². The Morgan fingerprint density at radius 2 is 0.769 bits per heavy atom. The molecular formula is C9H3F16I. The molecule has 0 N–H and O–H groups in total. The Morgan fingerprint density at radius 1 is 0.500 bits per heavy atom. The van der Waals surface area contributed by atoms with Crippen molar-refractivity contribution < 1.29 is 70.2 Å². The van der Waals surface area contributed by atoms with Gasteiger partial charge in [-0.2, -0.15) is 61.5 Å². The standard InChI is InChI=1S/C9H3F16I/c10-2(11)4(14,15)6(18,19)8(22,23)9(24,25)7(20,21)5(16,17)3(12,13)1-26/h2H,1H2. The molecule has 0 aliphatic carbocycles. The molecule has 0 aliphatic heterocycles. The molecule has 0 rings (SSSR count). The minimum absolute atomic E-state index is 0.219. The minimum atomic E-state index is -8.30. The van der Waals surface area contributed by atoms with Crippen LogP contribution >= 0.6 is 22.6 Å². The van der Waals surface area contributed by atoms with Gasteiger partial charge in [0, 0.05) is 0 Å². The van der Waals surface area contributed by atoms with E-state index in [1.54, 1.807) is 0 Å². The molecule has 17 heteroatoms. The fraction of sp³-hybridized carbons (Fsp3) is 1.00. The molecule has 0 bridgehead atoms. The van der Waals surface area contributed by atoms with E-state index >= 15 is 0 Å². The van der Waals surface area contributed by atoms with E-state index in [-0.39, 0.29) is 22.6 Å². The van der Waals surface area contributed by atoms with Crippen molar-refractivity contribution in [1.82, 2.24) is 0 Å². The summed E-state index contributed by atoms with van der Waals surface area (Å²) < 4.78 is 201. The minimum Gasteiger partial charge on any atom is -0.203 e. The molecule has 0 aliphatic rings. The molecule has 0 heterocycles. The first-order valence-corrected chi connectivity index (χ1v) is 7.02. The molecule has 0 radical (unpaired) electrons. The molecule has 0 nitrogen and oxygen atoms in total. The average Bonchev–Trinajstić information content (AvgIpc) is 2.45. The van der Waals surface area contributed by atoms with E-state index in [1.165, 1.54) is 0 Å². The van der Waals surface area contributed by atoms with Crippen LogP contribution in [0.5, 0.6) is 0 Å². The summed E-state index contributed by atoms with van der Waals surface area (Å²) in [4.78, 5) is 0. The van der Waals surface area contributed by atoms with Gasteiger partial charge in [-0.15, -0.1) is 0 Å². The van der Waals surface area contributed by atoms with Crippen molar-refractivity contribution in [1.29, 1.82) is 0 Å². The average molecular weight is 542 g/mol. The van der Waals surface area contributed by atoms with Crippen LogP contribution in [0.2, 0.25) is 0 Å². The summed E-state index contributed by atoms with van der Waals surface area (Å²) in [6, 6.07) is 0. The lowest BCUT2D eigenvalue weighted by Crippen LogP contribution is -2.73. The van der Waals surface area contributed by atoms with E-state index < -0.39 is 52.3 Å². The summed E-state index contributed by atoms with van der Waals surface area (Å²) in [5, 5.41) is 0. The maximum atomic E-state index is 13.1. The van der Waals surface area contributed by atoms with Gasteiger partial charge in [-0.1, -0.05) is 22.6 Å². The number of hydrogen-bond donors (Lipinski definition) is 0. The van der Waals surface area contributed by atoms with Crippen LogP contribution in [0, 0.1) is 0 Å². The molecule has 26 heavy (non-hydrogen) atoms. The van der Waals surface area contributed by atoms with Crippen LogP contribution in [0.25, 0.3) is 0 Å². The van der Waals surface area contributed by atoms with Crippen LogP contribution < -0.4 is 0 Å². The van der Waals surface area contributed by atoms with Crippen molar-refractivity contribution >= 4 is 22.6 Å². The van der Waals surface area contributed by atoms with Gasteiger partial charge in [0.1, 0.15) is 0 Å². The Balaban J connectivity index is 6.54. The predicted molar refractivity (Wildman–Crippen MR) is 59.5 cm³/mol. The lowest BCUT2D eigenvalue weighted by atomic mass is 9.89. The normalized spacial score (nSPS) is 16.4. The predicted octanol–water partition coefficient (Wildman–Crippen LogP) is 6.13. The van der Waals surface area contributed by atoms with Crippen LogP contribution in [-0.4, -0.2) is 52.3 Å². The van der Waals surface area contributed by atoms with E-state index in [0.717, 1.165) is 0 Å². The van der Waals surface area contributed by atoms with Crippen LogP contribution in [0.15, 0.2) is 0 Å². The fourth-order valence-electron chi connectivity index (χ4n) is 1.25. The van der Waals surface area contributed by atoms with Crippen molar-refractivity contribution in [3.8, 4) is 0 Å². The maximum Gasteiger partial charge on any atom is 0.384 e. The van der Waals surface area contributed by atoms with Gasteiger partial charge in [0.15, 0.2) is 0 Å². The first kappa shape index (κ1) is 25.6. The number of halogens is 17. The zero-order valence-corrected chi connectivity index (χ0v) is 13.4. The smallest absolute Gasteiger partial charge is 0.203 e. The van der Waals surface area contributed by atoms with Crippen LogP contribution in [0.1, 0.15) is 0 Å². The SMILES string of the molecule is FC(F)C(F)(F)C(F)(F)C(F)(F)C(F)(F)C(F)(F)C(F)(F)C(F)(F)CI. The second-order valence-corrected chi connectivity index (χ2v) is 5.40. The molecule has 0 aromatic heterocycles. The zero-order chi connectivity index (χ0) is 21.8. The molecule has 0 spiro atoms. The first-order valence-electron chi connectivity index (χ1n) is 5.49. The van der Waals surface area contributed by atoms with Crippen molar-refractivity contribution in [3.63, 3.8) is 0 Å². The van der Waals surface area contributed by atoms with Gasteiger partial charge in [-0.3, -0.25) is 0 Å². The highest BCUT2D eigenvalue weighted by Crippen LogP contribution is 2.62. The van der Waals surface area contributed by atoms with Crippen molar-refractivity contribution in [2.24, 2.45) is 0 Å². The van der Waals surface area contributed by atoms with E-state index in [1.807, 2.05) is 0 Å². The number of hydrogen-bond acceptors (Lipinski definition) is 0. The quantitative estimate of drug-likeness (QED) is 0.197. The highest BCUT2D eigenvalue weighted by atomic mass is 127. The van der Waals surface area contributed by atoms with Gasteiger partial charge in [-0.05, 0) is 0 Å². The Hall–Kier alpha value is -0.390. The lowest BCUT2D eigenvalue weighted by molar-refractivity contribution is -0.445. The zero-order valence-electron chi connectivity index (χ0n) is 11.2. The molecule has 0 amide bonds. The maximum absolute atomic E-state index is 13.1. The fourth-order valence-corrected chi connectivity index (χ4v) is 1.73. The van der Waals surface area contributed by atoms with Gasteiger partial charge in [0.25, 0.3) is 0 Å². The Morgan fingerprint density at radius 3 is 1.04 bits per heavy atom. The van der Waals surface area contributed by atoms with E-state index in [2.05, 4.69) is 0 Å². The third kappa shape index (κ3) is 3.08. The van der Waals surface area contributed by atoms with Gasteiger partial charge >= 0.3 is 47.9 Å². The Labute approximate surface area is 146 Å². The lowest BCUT2D eigenvalue weighted by Gasteiger charge is -2.42. The molecule has 0 aromatic carbocycles. The second-order valence-electron chi connectivity index (χ2n) is 4.63. The third-order valence-corrected chi connectivity index (χ3v) is 3.86. The van der Waals surface area contributed by atoms with Crippen molar-refractivity contribution in [2.45, 2.75) is 47.9 Å². The Kier molecular flexibility index (Phi) is 6.50. The van der Waals surface area contributed by atoms with E-state index in [4.69, 9.17) is 0 Å². The third-order valence-electron chi connectivity index (χ3n) is 2.90. The van der Waals surface area contributed by atoms with Crippen molar-refractivity contribution in [2.75, 3.05) is 4.43 Å². The molecule has 0 fully saturated rings. The second kappa shape index (κ2) is 6.59. The number of rotatable bonds is 8. The highest BCUT2D eigenvalue weighted by molar-refractivity contribution is 14.1. The van der Waals surface area contributed by atoms with Crippen LogP contribution in [0.4, 0.5) is 70.2 Å². The van der Waals surface area contributed by atoms with Crippen LogP contribution in [-0.2, 0) is 0 Å². The summed E-state index contributed by atoms with van der Waals surface area (Å²) in [6.07, 6.45) is -5.83. The van der Waals surface area contributed by atoms with Gasteiger partial charge in [0.05, 0.1) is 4.43 Å². The molecule has 0 aromatic rings. The largest absolute Gasteiger partial charge is 0.384 e. The monoisotopic (exact) mass is 542 g/mol. The number of alkyl halides is 17. The topological polar surface area (TPSA) is 0 Å². The van der Waals surface area contributed by atoms with Gasteiger partial charge < -0.3 is 0 Å². The molecule has 0 saturated carbocycles. The van der Waals surface area contributed by atoms with E-state index in [9.17, 15) is 70.2 Å². The summed E-state index contributed by atoms with van der Waals surface area (Å²) >= 11 is 0.219. The molecular weight excluding hydrogens is 539 g/mol. The summed E-state index contributed by atoms with van der Waals surface area (Å²) in [6.45, 7) is 0. The molecule has 0 saturated heterocycles. The molecule has 0 unspecified atom stereocenters. The van der Waals surface area contributed by atoms with E-state index in [0.29, 0.717) is 0 Å². The van der Waals surface area contributed by atoms with Gasteiger partial charge in [0.2, 0.25) is 0 Å². The van der Waals surface area contributed by atoms with Crippen molar-refractivity contribution in [3.05, 3.63) is 0 Å². The summed E-state index contributed by atoms with van der Waals surface area (Å²) in [5.74, 6) is -53.7. The first-order chi connectivity index (χ1) is 11.0.